The molecule has 0 fully saturated rings. The highest BCUT2D eigenvalue weighted by Gasteiger charge is 2.32. The summed E-state index contributed by atoms with van der Waals surface area (Å²) in [7, 11) is 0. The Morgan fingerprint density at radius 3 is 2.88 bits per heavy atom. The predicted molar refractivity (Wildman–Crippen MR) is 66.3 cm³/mol. The van der Waals surface area contributed by atoms with Crippen LogP contribution in [-0.4, -0.2) is 16.1 Å². The molecule has 1 aromatic carbocycles. The molecule has 0 saturated heterocycles. The molecule has 2 atom stereocenters. The van der Waals surface area contributed by atoms with Gasteiger partial charge in [-0.25, -0.2) is 0 Å². The third-order valence-corrected chi connectivity index (χ3v) is 3.80. The van der Waals surface area contributed by atoms with Gasteiger partial charge in [0, 0.05) is 16.6 Å². The second-order valence-electron chi connectivity index (χ2n) is 4.87. The summed E-state index contributed by atoms with van der Waals surface area (Å²) in [6.45, 7) is 2.16. The molecule has 3 rings (SSSR count). The van der Waals surface area contributed by atoms with Crippen LogP contribution in [-0.2, 0) is 4.79 Å². The van der Waals surface area contributed by atoms with Crippen LogP contribution in [0.15, 0.2) is 24.3 Å². The first-order chi connectivity index (χ1) is 8.18. The summed E-state index contributed by atoms with van der Waals surface area (Å²) in [5, 5.41) is 10.4. The normalized spacial score (nSPS) is 23.6. The van der Waals surface area contributed by atoms with E-state index in [2.05, 4.69) is 11.9 Å². The molecular formula is C14H15NO2. The zero-order valence-corrected chi connectivity index (χ0v) is 9.73. The lowest BCUT2D eigenvalue weighted by Gasteiger charge is -2.24. The molecule has 0 saturated carbocycles. The van der Waals surface area contributed by atoms with Crippen molar-refractivity contribution in [3.63, 3.8) is 0 Å². The fourth-order valence-corrected chi connectivity index (χ4v) is 2.90. The minimum Gasteiger partial charge on any atom is -0.481 e. The SMILES string of the molecule is CC1CCC(C(=O)O)c2c1[nH]c1ccccc21. The van der Waals surface area contributed by atoms with Gasteiger partial charge >= 0.3 is 5.97 Å². The molecule has 17 heavy (non-hydrogen) atoms. The number of aromatic nitrogens is 1. The van der Waals surface area contributed by atoms with Gasteiger partial charge in [-0.1, -0.05) is 25.1 Å². The molecule has 2 N–H and O–H groups in total. The predicted octanol–water partition coefficient (Wildman–Crippen LogP) is 3.23. The number of carboxylic acid groups (broad SMARTS) is 1. The number of rotatable bonds is 1. The van der Waals surface area contributed by atoms with Crippen LogP contribution in [0.2, 0.25) is 0 Å². The van der Waals surface area contributed by atoms with Gasteiger partial charge in [-0.2, -0.15) is 0 Å². The number of aromatic amines is 1. The molecule has 0 bridgehead atoms. The van der Waals surface area contributed by atoms with Gasteiger partial charge in [0.2, 0.25) is 0 Å². The number of carboxylic acids is 1. The van der Waals surface area contributed by atoms with Crippen molar-refractivity contribution in [2.75, 3.05) is 0 Å². The maximum Gasteiger partial charge on any atom is 0.311 e. The topological polar surface area (TPSA) is 53.1 Å². The molecular weight excluding hydrogens is 214 g/mol. The number of nitrogens with one attached hydrogen (secondary N) is 1. The molecule has 1 heterocycles. The van der Waals surface area contributed by atoms with E-state index < -0.39 is 5.97 Å². The highest BCUT2D eigenvalue weighted by atomic mass is 16.4. The molecule has 0 radical (unpaired) electrons. The third kappa shape index (κ3) is 1.46. The van der Waals surface area contributed by atoms with E-state index in [4.69, 9.17) is 0 Å². The maximum atomic E-state index is 11.4. The van der Waals surface area contributed by atoms with E-state index in [1.165, 1.54) is 0 Å². The van der Waals surface area contributed by atoms with Crippen molar-refractivity contribution >= 4 is 16.9 Å². The van der Waals surface area contributed by atoms with Gasteiger partial charge in [0.05, 0.1) is 5.92 Å². The third-order valence-electron chi connectivity index (χ3n) is 3.80. The van der Waals surface area contributed by atoms with Gasteiger partial charge in [-0.3, -0.25) is 4.79 Å². The molecule has 0 aliphatic heterocycles. The van der Waals surface area contributed by atoms with Crippen molar-refractivity contribution in [2.24, 2.45) is 0 Å². The Hall–Kier alpha value is -1.77. The van der Waals surface area contributed by atoms with Gasteiger partial charge in [0.25, 0.3) is 0 Å². The fraction of sp³-hybridized carbons (Fsp3) is 0.357. The van der Waals surface area contributed by atoms with Gasteiger partial charge in [0.1, 0.15) is 0 Å². The zero-order valence-electron chi connectivity index (χ0n) is 9.73. The van der Waals surface area contributed by atoms with Crippen LogP contribution < -0.4 is 0 Å². The molecule has 1 aliphatic carbocycles. The van der Waals surface area contributed by atoms with E-state index in [-0.39, 0.29) is 5.92 Å². The van der Waals surface area contributed by atoms with Crippen molar-refractivity contribution in [3.05, 3.63) is 35.5 Å². The van der Waals surface area contributed by atoms with Gasteiger partial charge in [0.15, 0.2) is 0 Å². The first-order valence-electron chi connectivity index (χ1n) is 6.01. The van der Waals surface area contributed by atoms with Gasteiger partial charge in [-0.15, -0.1) is 0 Å². The molecule has 0 amide bonds. The van der Waals surface area contributed by atoms with Crippen molar-refractivity contribution in [3.8, 4) is 0 Å². The molecule has 1 aromatic heterocycles. The van der Waals surface area contributed by atoms with E-state index in [1.54, 1.807) is 0 Å². The lowest BCUT2D eigenvalue weighted by atomic mass is 9.80. The monoisotopic (exact) mass is 229 g/mol. The molecule has 2 unspecified atom stereocenters. The Morgan fingerprint density at radius 1 is 1.35 bits per heavy atom. The summed E-state index contributed by atoms with van der Waals surface area (Å²) < 4.78 is 0. The first-order valence-corrected chi connectivity index (χ1v) is 6.01. The van der Waals surface area contributed by atoms with E-state index in [1.807, 2.05) is 24.3 Å². The van der Waals surface area contributed by atoms with E-state index in [9.17, 15) is 9.90 Å². The smallest absolute Gasteiger partial charge is 0.311 e. The average molecular weight is 229 g/mol. The number of H-pyrrole nitrogens is 1. The number of carbonyl (C=O) groups is 1. The highest BCUT2D eigenvalue weighted by Crippen LogP contribution is 2.42. The number of hydrogen-bond donors (Lipinski definition) is 2. The van der Waals surface area contributed by atoms with Crippen molar-refractivity contribution in [1.29, 1.82) is 0 Å². The summed E-state index contributed by atoms with van der Waals surface area (Å²) in [5.41, 5.74) is 3.18. The Balaban J connectivity index is 2.30. The summed E-state index contributed by atoms with van der Waals surface area (Å²) >= 11 is 0. The van der Waals surface area contributed by atoms with Crippen LogP contribution in [0, 0.1) is 0 Å². The van der Waals surface area contributed by atoms with Crippen molar-refractivity contribution < 1.29 is 9.90 Å². The van der Waals surface area contributed by atoms with E-state index >= 15 is 0 Å². The Kier molecular flexibility index (Phi) is 2.21. The summed E-state index contributed by atoms with van der Waals surface area (Å²) in [6, 6.07) is 7.97. The summed E-state index contributed by atoms with van der Waals surface area (Å²) in [4.78, 5) is 14.7. The molecule has 88 valence electrons. The number of hydrogen-bond acceptors (Lipinski definition) is 1. The molecule has 3 heteroatoms. The minimum atomic E-state index is -0.706. The Labute approximate surface area is 99.5 Å². The van der Waals surface area contributed by atoms with E-state index in [0.29, 0.717) is 5.92 Å². The molecule has 0 spiro atoms. The van der Waals surface area contributed by atoms with Crippen LogP contribution in [0.1, 0.15) is 42.9 Å². The quantitative estimate of drug-likeness (QED) is 0.788. The standard InChI is InChI=1S/C14H15NO2/c1-8-6-7-10(14(16)17)12-9-4-2-3-5-11(9)15-13(8)12/h2-5,8,10,15H,6-7H2,1H3,(H,16,17). The van der Waals surface area contributed by atoms with Gasteiger partial charge in [-0.05, 0) is 30.4 Å². The molecule has 3 nitrogen and oxygen atoms in total. The lowest BCUT2D eigenvalue weighted by Crippen LogP contribution is -2.19. The van der Waals surface area contributed by atoms with Crippen LogP contribution in [0.4, 0.5) is 0 Å². The van der Waals surface area contributed by atoms with Crippen molar-refractivity contribution in [2.45, 2.75) is 31.6 Å². The minimum absolute atomic E-state index is 0.350. The number of aliphatic carboxylic acids is 1. The molecule has 2 aromatic rings. The van der Waals surface area contributed by atoms with Crippen LogP contribution in [0.25, 0.3) is 10.9 Å². The lowest BCUT2D eigenvalue weighted by molar-refractivity contribution is -0.139. The number of fused-ring (bicyclic) bond motifs is 3. The maximum absolute atomic E-state index is 11.4. The van der Waals surface area contributed by atoms with Crippen LogP contribution >= 0.6 is 0 Å². The second-order valence-corrected chi connectivity index (χ2v) is 4.87. The van der Waals surface area contributed by atoms with Crippen LogP contribution in [0.3, 0.4) is 0 Å². The fourth-order valence-electron chi connectivity index (χ4n) is 2.90. The van der Waals surface area contributed by atoms with Crippen LogP contribution in [0.5, 0.6) is 0 Å². The first kappa shape index (κ1) is 10.4. The van der Waals surface area contributed by atoms with E-state index in [0.717, 1.165) is 35.0 Å². The Bertz CT molecular complexity index is 585. The van der Waals surface area contributed by atoms with Crippen molar-refractivity contribution in [1.82, 2.24) is 4.98 Å². The van der Waals surface area contributed by atoms with Gasteiger partial charge < -0.3 is 10.1 Å². The average Bonchev–Trinajstić information content (AvgIpc) is 2.69. The zero-order chi connectivity index (χ0) is 12.0. The summed E-state index contributed by atoms with van der Waals surface area (Å²) in [6.07, 6.45) is 1.68. The second kappa shape index (κ2) is 3.62. The highest BCUT2D eigenvalue weighted by molar-refractivity contribution is 5.91. The Morgan fingerprint density at radius 2 is 2.12 bits per heavy atom. The molecule has 1 aliphatic rings. The largest absolute Gasteiger partial charge is 0.481 e. The summed E-state index contributed by atoms with van der Waals surface area (Å²) in [5.74, 6) is -0.631. The number of benzene rings is 1. The number of para-hydroxylation sites is 1.